The van der Waals surface area contributed by atoms with Crippen LogP contribution < -0.4 is 5.32 Å². The molecule has 0 aliphatic heterocycles. The number of carbonyl (C=O) groups excluding carboxylic acids is 1. The van der Waals surface area contributed by atoms with Crippen LogP contribution in [0, 0.1) is 13.8 Å². The van der Waals surface area contributed by atoms with E-state index in [1.54, 1.807) is 6.07 Å². The molecule has 0 atom stereocenters. The third-order valence-corrected chi connectivity index (χ3v) is 3.81. The van der Waals surface area contributed by atoms with Gasteiger partial charge in [0, 0.05) is 16.1 Å². The minimum Gasteiger partial charge on any atom is -0.444 e. The first kappa shape index (κ1) is 16.6. The molecule has 0 bridgehead atoms. The van der Waals surface area contributed by atoms with Gasteiger partial charge in [-0.15, -0.1) is 0 Å². The minimum absolute atomic E-state index is 0.148. The first-order valence-electron chi connectivity index (χ1n) is 7.20. The normalized spacial score (nSPS) is 11.5. The summed E-state index contributed by atoms with van der Waals surface area (Å²) in [5.74, 6) is 1.10. The van der Waals surface area contributed by atoms with E-state index in [1.165, 1.54) is 0 Å². The Morgan fingerprint density at radius 3 is 2.59 bits per heavy atom. The first-order chi connectivity index (χ1) is 10.2. The number of amides is 1. The van der Waals surface area contributed by atoms with Gasteiger partial charge in [-0.3, -0.25) is 4.79 Å². The van der Waals surface area contributed by atoms with Crippen molar-refractivity contribution in [3.05, 3.63) is 46.1 Å². The van der Waals surface area contributed by atoms with Gasteiger partial charge in [0.15, 0.2) is 5.89 Å². The fraction of sp³-hybridized carbons (Fsp3) is 0.412. The predicted octanol–water partition coefficient (Wildman–Crippen LogP) is 4.42. The lowest BCUT2D eigenvalue weighted by atomic mass is 9.97. The zero-order chi connectivity index (χ0) is 16.5. The van der Waals surface area contributed by atoms with E-state index in [2.05, 4.69) is 10.3 Å². The fourth-order valence-electron chi connectivity index (χ4n) is 2.00. The second kappa shape index (κ2) is 6.13. The Kier molecular flexibility index (Phi) is 4.61. The van der Waals surface area contributed by atoms with Crippen molar-refractivity contribution < 1.29 is 9.21 Å². The van der Waals surface area contributed by atoms with Crippen LogP contribution in [0.4, 0.5) is 5.69 Å². The van der Waals surface area contributed by atoms with Gasteiger partial charge in [0.1, 0.15) is 5.76 Å². The van der Waals surface area contributed by atoms with Gasteiger partial charge in [-0.1, -0.05) is 38.4 Å². The summed E-state index contributed by atoms with van der Waals surface area (Å²) >= 11 is 6.06. The van der Waals surface area contributed by atoms with E-state index in [9.17, 15) is 4.79 Å². The lowest BCUT2D eigenvalue weighted by molar-refractivity contribution is -0.115. The van der Waals surface area contributed by atoms with Crippen molar-refractivity contribution in [1.29, 1.82) is 0 Å². The number of hydrogen-bond acceptors (Lipinski definition) is 3. The highest BCUT2D eigenvalue weighted by Gasteiger charge is 2.23. The van der Waals surface area contributed by atoms with E-state index < -0.39 is 0 Å². The monoisotopic (exact) mass is 320 g/mol. The average molecular weight is 321 g/mol. The highest BCUT2D eigenvalue weighted by molar-refractivity contribution is 6.31. The molecule has 0 saturated carbocycles. The number of anilines is 1. The van der Waals surface area contributed by atoms with Gasteiger partial charge in [-0.25, -0.2) is 4.98 Å². The maximum absolute atomic E-state index is 12.2. The van der Waals surface area contributed by atoms with Gasteiger partial charge in [0.05, 0.1) is 12.1 Å². The van der Waals surface area contributed by atoms with Crippen LogP contribution in [0.3, 0.4) is 0 Å². The Morgan fingerprint density at radius 2 is 2.00 bits per heavy atom. The summed E-state index contributed by atoms with van der Waals surface area (Å²) in [6.07, 6.45) is 0.154. The molecule has 1 amide bonds. The second-order valence-corrected chi connectivity index (χ2v) is 6.82. The van der Waals surface area contributed by atoms with Gasteiger partial charge in [-0.2, -0.15) is 0 Å². The number of nitrogens with one attached hydrogen (secondary N) is 1. The molecule has 0 aliphatic rings. The molecule has 5 heteroatoms. The summed E-state index contributed by atoms with van der Waals surface area (Å²) in [4.78, 5) is 16.6. The summed E-state index contributed by atoms with van der Waals surface area (Å²) < 4.78 is 5.74. The van der Waals surface area contributed by atoms with Gasteiger partial charge >= 0.3 is 0 Å². The number of aryl methyl sites for hydroxylation is 1. The molecule has 0 aliphatic carbocycles. The lowest BCUT2D eigenvalue weighted by Crippen LogP contribution is -2.15. The summed E-state index contributed by atoms with van der Waals surface area (Å²) in [6.45, 7) is 9.80. The molecule has 0 unspecified atom stereocenters. The maximum Gasteiger partial charge on any atom is 0.232 e. The number of benzene rings is 1. The van der Waals surface area contributed by atoms with Crippen LogP contribution >= 0.6 is 11.6 Å². The molecular formula is C17H21ClN2O2. The highest BCUT2D eigenvalue weighted by Crippen LogP contribution is 2.25. The molecule has 1 aromatic heterocycles. The van der Waals surface area contributed by atoms with Crippen molar-refractivity contribution in [3.63, 3.8) is 0 Å². The molecule has 1 N–H and O–H groups in total. The average Bonchev–Trinajstić information content (AvgIpc) is 2.76. The highest BCUT2D eigenvalue weighted by atomic mass is 35.5. The molecule has 22 heavy (non-hydrogen) atoms. The van der Waals surface area contributed by atoms with E-state index in [0.717, 1.165) is 11.3 Å². The number of halogens is 1. The SMILES string of the molecule is Cc1nc(C(C)(C)C)oc1CC(=O)Nc1cccc(Cl)c1C. The van der Waals surface area contributed by atoms with E-state index in [1.807, 2.05) is 46.8 Å². The Bertz CT molecular complexity index is 699. The molecule has 2 aromatic rings. The smallest absolute Gasteiger partial charge is 0.232 e. The zero-order valence-corrected chi connectivity index (χ0v) is 14.3. The van der Waals surface area contributed by atoms with Crippen molar-refractivity contribution in [3.8, 4) is 0 Å². The van der Waals surface area contributed by atoms with Crippen LogP contribution in [0.25, 0.3) is 0 Å². The number of aromatic nitrogens is 1. The summed E-state index contributed by atoms with van der Waals surface area (Å²) in [7, 11) is 0. The van der Waals surface area contributed by atoms with Crippen LogP contribution in [-0.4, -0.2) is 10.9 Å². The van der Waals surface area contributed by atoms with Crippen LogP contribution in [-0.2, 0) is 16.6 Å². The third kappa shape index (κ3) is 3.69. The molecule has 1 heterocycles. The van der Waals surface area contributed by atoms with Crippen LogP contribution in [0.2, 0.25) is 5.02 Å². The Balaban J connectivity index is 2.13. The first-order valence-corrected chi connectivity index (χ1v) is 7.58. The number of oxazole rings is 1. The molecule has 118 valence electrons. The van der Waals surface area contributed by atoms with Gasteiger partial charge in [-0.05, 0) is 31.5 Å². The van der Waals surface area contributed by atoms with Crippen molar-refractivity contribution >= 4 is 23.2 Å². The number of nitrogens with zero attached hydrogens (tertiary/aromatic N) is 1. The summed E-state index contributed by atoms with van der Waals surface area (Å²) in [6, 6.07) is 5.43. The van der Waals surface area contributed by atoms with Crippen molar-refractivity contribution in [2.45, 2.75) is 46.5 Å². The Morgan fingerprint density at radius 1 is 1.32 bits per heavy atom. The number of rotatable bonds is 3. The molecule has 2 rings (SSSR count). The van der Waals surface area contributed by atoms with Gasteiger partial charge in [0.25, 0.3) is 0 Å². The maximum atomic E-state index is 12.2. The van der Waals surface area contributed by atoms with E-state index in [-0.39, 0.29) is 17.7 Å². The largest absolute Gasteiger partial charge is 0.444 e. The quantitative estimate of drug-likeness (QED) is 0.910. The van der Waals surface area contributed by atoms with Gasteiger partial charge < -0.3 is 9.73 Å². The fourth-order valence-corrected chi connectivity index (χ4v) is 2.17. The Hall–Kier alpha value is -1.81. The van der Waals surface area contributed by atoms with E-state index in [4.69, 9.17) is 16.0 Å². The topological polar surface area (TPSA) is 55.1 Å². The second-order valence-electron chi connectivity index (χ2n) is 6.41. The lowest BCUT2D eigenvalue weighted by Gasteiger charge is -2.12. The molecule has 0 spiro atoms. The molecule has 0 radical (unpaired) electrons. The number of hydrogen-bond donors (Lipinski definition) is 1. The zero-order valence-electron chi connectivity index (χ0n) is 13.6. The van der Waals surface area contributed by atoms with E-state index >= 15 is 0 Å². The van der Waals surface area contributed by atoms with Crippen LogP contribution in [0.15, 0.2) is 22.6 Å². The predicted molar refractivity (Wildman–Crippen MR) is 88.5 cm³/mol. The van der Waals surface area contributed by atoms with Crippen LogP contribution in [0.5, 0.6) is 0 Å². The standard InChI is InChI=1S/C17H21ClN2O2/c1-10-12(18)7-6-8-13(10)20-15(21)9-14-11(2)19-16(22-14)17(3,4)5/h6-8H,9H2,1-5H3,(H,20,21). The summed E-state index contributed by atoms with van der Waals surface area (Å²) in [5.41, 5.74) is 2.14. The van der Waals surface area contributed by atoms with Crippen LogP contribution in [0.1, 0.15) is 43.7 Å². The Labute approximate surface area is 135 Å². The molecular weight excluding hydrogens is 300 g/mol. The molecule has 0 fully saturated rings. The third-order valence-electron chi connectivity index (χ3n) is 3.40. The van der Waals surface area contributed by atoms with Gasteiger partial charge in [0.2, 0.25) is 5.91 Å². The van der Waals surface area contributed by atoms with Crippen molar-refractivity contribution in [1.82, 2.24) is 4.98 Å². The van der Waals surface area contributed by atoms with Crippen molar-refractivity contribution in [2.75, 3.05) is 5.32 Å². The van der Waals surface area contributed by atoms with Crippen molar-refractivity contribution in [2.24, 2.45) is 0 Å². The minimum atomic E-state index is -0.178. The van der Waals surface area contributed by atoms with E-state index in [0.29, 0.717) is 22.4 Å². The molecule has 1 aromatic carbocycles. The molecule has 0 saturated heterocycles. The summed E-state index contributed by atoms with van der Waals surface area (Å²) in [5, 5.41) is 3.49. The molecule has 4 nitrogen and oxygen atoms in total. The number of carbonyl (C=O) groups is 1.